The number of nitrogens with two attached hydrogens (primary N) is 2. The molecule has 0 unspecified atom stereocenters. The molecular formula is C28H33ClN4O7. The molecule has 0 spiro atoms. The van der Waals surface area contributed by atoms with Crippen LogP contribution < -0.4 is 11.5 Å². The number of primary amides is 1. The molecule has 3 rings (SSSR count). The van der Waals surface area contributed by atoms with Gasteiger partial charge in [0.15, 0.2) is 11.8 Å². The molecule has 1 heterocycles. The smallest absolute Gasteiger partial charge is 0.417 e. The van der Waals surface area contributed by atoms with E-state index >= 15 is 0 Å². The van der Waals surface area contributed by atoms with Gasteiger partial charge in [-0.1, -0.05) is 60.1 Å². The maximum atomic E-state index is 14.0. The molecule has 0 saturated heterocycles. The summed E-state index contributed by atoms with van der Waals surface area (Å²) in [4.78, 5) is 40.6. The van der Waals surface area contributed by atoms with Crippen LogP contribution in [0.3, 0.4) is 0 Å². The van der Waals surface area contributed by atoms with Crippen LogP contribution in [-0.4, -0.2) is 56.8 Å². The quantitative estimate of drug-likeness (QED) is 0.213. The molecule has 0 bridgehead atoms. The molecule has 0 fully saturated rings. The topological polar surface area (TPSA) is 170 Å². The number of benzene rings is 2. The molecule has 2 aromatic carbocycles. The fraction of sp³-hybridized carbons (Fsp3) is 0.321. The van der Waals surface area contributed by atoms with E-state index in [0.717, 1.165) is 10.1 Å². The molecule has 6 N–H and O–H groups in total. The first-order valence-corrected chi connectivity index (χ1v) is 13.1. The van der Waals surface area contributed by atoms with Crippen molar-refractivity contribution in [2.45, 2.75) is 44.6 Å². The Morgan fingerprint density at radius 3 is 2.20 bits per heavy atom. The summed E-state index contributed by atoms with van der Waals surface area (Å²) in [6, 6.07) is 15.3. The molecule has 0 aliphatic rings. The SMILES string of the molecule is NCCCC[C@@H](C(N)=O)N(C(=O)OCc1ccccc1Cl)C(=O)[C@H](COCc1ccccc1)n1c(O)ccc1O. The number of imide groups is 1. The first kappa shape index (κ1) is 30.5. The molecule has 0 aliphatic carbocycles. The summed E-state index contributed by atoms with van der Waals surface area (Å²) in [6.07, 6.45) is -0.217. The number of ether oxygens (including phenoxy) is 2. The second kappa shape index (κ2) is 14.9. The number of aromatic hydroxyl groups is 2. The number of amides is 3. The fourth-order valence-corrected chi connectivity index (χ4v) is 4.29. The van der Waals surface area contributed by atoms with Crippen LogP contribution in [0.1, 0.15) is 36.4 Å². The molecule has 2 atom stereocenters. The Morgan fingerprint density at radius 2 is 1.57 bits per heavy atom. The molecule has 214 valence electrons. The summed E-state index contributed by atoms with van der Waals surface area (Å²) < 4.78 is 12.1. The van der Waals surface area contributed by atoms with Crippen molar-refractivity contribution in [2.75, 3.05) is 13.2 Å². The van der Waals surface area contributed by atoms with Gasteiger partial charge in [-0.25, -0.2) is 9.69 Å². The third kappa shape index (κ3) is 7.98. The molecule has 3 amide bonds. The molecular weight excluding hydrogens is 540 g/mol. The monoisotopic (exact) mass is 572 g/mol. The Hall–Kier alpha value is -4.06. The predicted molar refractivity (Wildman–Crippen MR) is 147 cm³/mol. The van der Waals surface area contributed by atoms with Gasteiger partial charge in [-0.05, 0) is 37.4 Å². The van der Waals surface area contributed by atoms with Gasteiger partial charge in [0.05, 0.1) is 13.2 Å². The first-order valence-electron chi connectivity index (χ1n) is 12.7. The number of rotatable bonds is 14. The van der Waals surface area contributed by atoms with Crippen molar-refractivity contribution >= 4 is 29.5 Å². The molecule has 0 saturated carbocycles. The number of hydrogen-bond acceptors (Lipinski definition) is 8. The third-order valence-corrected chi connectivity index (χ3v) is 6.54. The van der Waals surface area contributed by atoms with Crippen LogP contribution in [0.15, 0.2) is 66.7 Å². The lowest BCUT2D eigenvalue weighted by molar-refractivity contribution is -0.142. The van der Waals surface area contributed by atoms with Gasteiger partial charge in [-0.15, -0.1) is 0 Å². The van der Waals surface area contributed by atoms with Gasteiger partial charge < -0.3 is 31.2 Å². The van der Waals surface area contributed by atoms with Gasteiger partial charge in [0.2, 0.25) is 5.91 Å². The zero-order valence-electron chi connectivity index (χ0n) is 21.8. The summed E-state index contributed by atoms with van der Waals surface area (Å²) in [7, 11) is 0. The Kier molecular flexibility index (Phi) is 11.4. The van der Waals surface area contributed by atoms with Crippen LogP contribution in [0, 0.1) is 0 Å². The van der Waals surface area contributed by atoms with E-state index < -0.39 is 41.8 Å². The molecule has 1 aromatic heterocycles. The van der Waals surface area contributed by atoms with Crippen LogP contribution in [0.5, 0.6) is 11.8 Å². The first-order chi connectivity index (χ1) is 19.2. The standard InChI is InChI=1S/C28H33ClN4O7/c29-21-11-5-4-10-20(21)17-40-28(38)33(22(26(31)36)12-6-7-15-30)27(37)23(32-24(34)13-14-25(32)35)18-39-16-19-8-2-1-3-9-19/h1-5,8-11,13-14,22-23,34-35H,6-7,12,15-18,30H2,(H2,31,36)/t22-,23-/m0/s1. The third-order valence-electron chi connectivity index (χ3n) is 6.17. The lowest BCUT2D eigenvalue weighted by Crippen LogP contribution is -2.53. The highest BCUT2D eigenvalue weighted by molar-refractivity contribution is 6.31. The van der Waals surface area contributed by atoms with Crippen LogP contribution >= 0.6 is 11.6 Å². The van der Waals surface area contributed by atoms with E-state index in [2.05, 4.69) is 0 Å². The number of carbonyl (C=O) groups excluding carboxylic acids is 3. The summed E-state index contributed by atoms with van der Waals surface area (Å²) >= 11 is 6.17. The van der Waals surface area contributed by atoms with Crippen molar-refractivity contribution in [1.82, 2.24) is 9.47 Å². The van der Waals surface area contributed by atoms with Crippen LogP contribution in [0.25, 0.3) is 0 Å². The maximum Gasteiger partial charge on any atom is 0.417 e. The van der Waals surface area contributed by atoms with Gasteiger partial charge >= 0.3 is 6.09 Å². The van der Waals surface area contributed by atoms with E-state index in [9.17, 15) is 24.6 Å². The number of halogens is 1. The van der Waals surface area contributed by atoms with Crippen LogP contribution in [0.2, 0.25) is 5.02 Å². The van der Waals surface area contributed by atoms with E-state index in [-0.39, 0.29) is 26.2 Å². The Balaban J connectivity index is 1.94. The van der Waals surface area contributed by atoms with E-state index in [0.29, 0.717) is 34.9 Å². The fourth-order valence-electron chi connectivity index (χ4n) is 4.10. The largest absolute Gasteiger partial charge is 0.494 e. The van der Waals surface area contributed by atoms with Crippen molar-refractivity contribution in [3.8, 4) is 11.8 Å². The van der Waals surface area contributed by atoms with E-state index in [1.54, 1.807) is 24.3 Å². The minimum absolute atomic E-state index is 0.0285. The molecule has 11 nitrogen and oxygen atoms in total. The predicted octanol–water partition coefficient (Wildman–Crippen LogP) is 3.46. The van der Waals surface area contributed by atoms with Crippen molar-refractivity contribution in [3.05, 3.63) is 82.9 Å². The second-order valence-electron chi connectivity index (χ2n) is 8.99. The van der Waals surface area contributed by atoms with Gasteiger partial charge in [-0.2, -0.15) is 0 Å². The lowest BCUT2D eigenvalue weighted by atomic mass is 10.1. The number of unbranched alkanes of at least 4 members (excludes halogenated alkanes) is 1. The minimum atomic E-state index is -1.46. The highest BCUT2D eigenvalue weighted by Gasteiger charge is 2.40. The molecule has 0 aliphatic heterocycles. The molecule has 12 heteroatoms. The maximum absolute atomic E-state index is 14.0. The summed E-state index contributed by atoms with van der Waals surface area (Å²) in [5.41, 5.74) is 12.5. The minimum Gasteiger partial charge on any atom is -0.494 e. The summed E-state index contributed by atoms with van der Waals surface area (Å²) in [6.45, 7) is -0.227. The van der Waals surface area contributed by atoms with E-state index in [1.807, 2.05) is 30.3 Å². The van der Waals surface area contributed by atoms with Crippen molar-refractivity contribution in [2.24, 2.45) is 11.5 Å². The molecule has 3 aromatic rings. The van der Waals surface area contributed by atoms with E-state index in [4.69, 9.17) is 32.5 Å². The number of hydrogen-bond donors (Lipinski definition) is 4. The Morgan fingerprint density at radius 1 is 0.925 bits per heavy atom. The van der Waals surface area contributed by atoms with Crippen molar-refractivity contribution < 1.29 is 34.1 Å². The normalized spacial score (nSPS) is 12.4. The highest BCUT2D eigenvalue weighted by atomic mass is 35.5. The van der Waals surface area contributed by atoms with Gasteiger partial charge in [0.25, 0.3) is 5.91 Å². The van der Waals surface area contributed by atoms with Crippen LogP contribution in [-0.2, 0) is 32.3 Å². The van der Waals surface area contributed by atoms with Crippen molar-refractivity contribution in [3.63, 3.8) is 0 Å². The molecule has 40 heavy (non-hydrogen) atoms. The number of carbonyl (C=O) groups is 3. The van der Waals surface area contributed by atoms with E-state index in [1.165, 1.54) is 12.1 Å². The second-order valence-corrected chi connectivity index (χ2v) is 9.40. The van der Waals surface area contributed by atoms with Crippen molar-refractivity contribution in [1.29, 1.82) is 0 Å². The van der Waals surface area contributed by atoms with Gasteiger partial charge in [0.1, 0.15) is 18.7 Å². The van der Waals surface area contributed by atoms with Gasteiger partial charge in [0, 0.05) is 22.7 Å². The summed E-state index contributed by atoms with van der Waals surface area (Å²) in [5, 5.41) is 21.2. The zero-order valence-corrected chi connectivity index (χ0v) is 22.6. The zero-order chi connectivity index (χ0) is 29.1. The van der Waals surface area contributed by atoms with Crippen LogP contribution in [0.4, 0.5) is 4.79 Å². The van der Waals surface area contributed by atoms with Gasteiger partial charge in [-0.3, -0.25) is 14.2 Å². The Labute approximate surface area is 236 Å². The summed E-state index contributed by atoms with van der Waals surface area (Å²) in [5.74, 6) is -2.83. The molecule has 0 radical (unpaired) electrons. The highest BCUT2D eigenvalue weighted by Crippen LogP contribution is 2.30. The lowest BCUT2D eigenvalue weighted by Gasteiger charge is -2.31. The Bertz CT molecular complexity index is 1270. The number of nitrogens with zero attached hydrogens (tertiary/aromatic N) is 2. The average Bonchev–Trinajstić information content (AvgIpc) is 3.27. The number of aromatic nitrogens is 1. The average molecular weight is 573 g/mol.